The second kappa shape index (κ2) is 3.36. The molecule has 0 fully saturated rings. The molecule has 6 heteroatoms. The molecule has 0 saturated carbocycles. The van der Waals surface area contributed by atoms with E-state index in [4.69, 9.17) is 22.1 Å². The number of ether oxygens (including phenoxy) is 1. The Hall–Kier alpha value is -1.36. The Morgan fingerprint density at radius 1 is 1.75 bits per heavy atom. The van der Waals surface area contributed by atoms with Gasteiger partial charge in [0.1, 0.15) is 5.15 Å². The maximum atomic E-state index is 10.7. The fraction of sp³-hybridized carbons (Fsp3) is 0.167. The number of hydrogen-bond acceptors (Lipinski definition) is 4. The van der Waals surface area contributed by atoms with Crippen molar-refractivity contribution in [1.82, 2.24) is 9.97 Å². The number of halogens is 1. The molecule has 0 radical (unpaired) electrons. The summed E-state index contributed by atoms with van der Waals surface area (Å²) in [5, 5.41) is 0.101. The summed E-state index contributed by atoms with van der Waals surface area (Å²) in [5.74, 6) is -0.645. The van der Waals surface area contributed by atoms with Gasteiger partial charge in [-0.15, -0.1) is 0 Å². The van der Waals surface area contributed by atoms with E-state index in [0.29, 0.717) is 0 Å². The number of methoxy groups -OCH3 is 1. The van der Waals surface area contributed by atoms with Gasteiger partial charge in [0.2, 0.25) is 5.88 Å². The first-order chi connectivity index (χ1) is 5.65. The number of aromatic nitrogens is 2. The fourth-order valence-electron chi connectivity index (χ4n) is 0.666. The van der Waals surface area contributed by atoms with Gasteiger partial charge < -0.3 is 10.5 Å². The van der Waals surface area contributed by atoms with Crippen LogP contribution in [0.4, 0.5) is 0 Å². The molecular weight excluding hydrogens is 182 g/mol. The van der Waals surface area contributed by atoms with Crippen LogP contribution in [0.2, 0.25) is 5.15 Å². The van der Waals surface area contributed by atoms with E-state index in [2.05, 4.69) is 9.97 Å². The minimum atomic E-state index is -0.721. The van der Waals surface area contributed by atoms with E-state index in [1.54, 1.807) is 0 Å². The Kier molecular flexibility index (Phi) is 2.44. The molecule has 1 rings (SSSR count). The normalized spacial score (nSPS) is 9.50. The molecule has 1 aromatic rings. The zero-order valence-electron chi connectivity index (χ0n) is 6.24. The first-order valence-corrected chi connectivity index (χ1v) is 3.39. The van der Waals surface area contributed by atoms with Gasteiger partial charge in [-0.2, -0.15) is 0 Å². The van der Waals surface area contributed by atoms with Crippen LogP contribution in [0, 0.1) is 0 Å². The third kappa shape index (κ3) is 1.62. The summed E-state index contributed by atoms with van der Waals surface area (Å²) in [6, 6.07) is 0. The molecule has 12 heavy (non-hydrogen) atoms. The van der Waals surface area contributed by atoms with Crippen LogP contribution in [0.1, 0.15) is 10.5 Å². The lowest BCUT2D eigenvalue weighted by Gasteiger charge is -2.01. The van der Waals surface area contributed by atoms with Gasteiger partial charge >= 0.3 is 0 Å². The summed E-state index contributed by atoms with van der Waals surface area (Å²) in [6.45, 7) is 0. The van der Waals surface area contributed by atoms with Crippen molar-refractivity contribution in [3.8, 4) is 5.88 Å². The molecule has 0 spiro atoms. The van der Waals surface area contributed by atoms with E-state index in [9.17, 15) is 4.79 Å². The van der Waals surface area contributed by atoms with E-state index in [0.717, 1.165) is 0 Å². The maximum Gasteiger partial charge on any atom is 0.273 e. The summed E-state index contributed by atoms with van der Waals surface area (Å²) in [4.78, 5) is 18.1. The predicted molar refractivity (Wildman–Crippen MR) is 42.1 cm³/mol. The van der Waals surface area contributed by atoms with E-state index < -0.39 is 5.91 Å². The minimum Gasteiger partial charge on any atom is -0.479 e. The highest BCUT2D eigenvalue weighted by atomic mass is 35.5. The van der Waals surface area contributed by atoms with Crippen LogP contribution >= 0.6 is 11.6 Å². The smallest absolute Gasteiger partial charge is 0.273 e. The number of carbonyl (C=O) groups excluding carboxylic acids is 1. The van der Waals surface area contributed by atoms with Gasteiger partial charge in [0.15, 0.2) is 5.69 Å². The highest BCUT2D eigenvalue weighted by molar-refractivity contribution is 6.29. The lowest BCUT2D eigenvalue weighted by molar-refractivity contribution is 0.0991. The molecule has 0 saturated heterocycles. The third-order valence-corrected chi connectivity index (χ3v) is 1.32. The Morgan fingerprint density at radius 2 is 2.42 bits per heavy atom. The maximum absolute atomic E-state index is 10.7. The van der Waals surface area contributed by atoms with Crippen molar-refractivity contribution in [2.24, 2.45) is 5.73 Å². The predicted octanol–water partition coefficient (Wildman–Crippen LogP) is 0.237. The molecule has 5 nitrogen and oxygen atoms in total. The molecule has 0 aliphatic heterocycles. The first-order valence-electron chi connectivity index (χ1n) is 3.01. The number of carbonyl (C=O) groups is 1. The standard InChI is InChI=1S/C6H6ClN3O2/c1-12-6-4(5(8)11)10-3(7)2-9-6/h2H,1H3,(H2,8,11). The zero-order chi connectivity index (χ0) is 9.14. The van der Waals surface area contributed by atoms with Gasteiger partial charge in [0.05, 0.1) is 13.3 Å². The van der Waals surface area contributed by atoms with E-state index in [-0.39, 0.29) is 16.7 Å². The van der Waals surface area contributed by atoms with Crippen LogP contribution < -0.4 is 10.5 Å². The highest BCUT2D eigenvalue weighted by Gasteiger charge is 2.12. The second-order valence-electron chi connectivity index (χ2n) is 1.91. The zero-order valence-corrected chi connectivity index (χ0v) is 7.00. The van der Waals surface area contributed by atoms with E-state index >= 15 is 0 Å². The molecule has 64 valence electrons. The quantitative estimate of drug-likeness (QED) is 0.719. The van der Waals surface area contributed by atoms with Gasteiger partial charge in [0, 0.05) is 0 Å². The largest absolute Gasteiger partial charge is 0.479 e. The highest BCUT2D eigenvalue weighted by Crippen LogP contribution is 2.13. The van der Waals surface area contributed by atoms with Crippen LogP contribution in [-0.4, -0.2) is 23.0 Å². The summed E-state index contributed by atoms with van der Waals surface area (Å²) in [7, 11) is 1.37. The van der Waals surface area contributed by atoms with Gasteiger partial charge in [0.25, 0.3) is 5.91 Å². The lowest BCUT2D eigenvalue weighted by atomic mass is 10.4. The molecule has 2 N–H and O–H groups in total. The summed E-state index contributed by atoms with van der Waals surface area (Å²) in [5.41, 5.74) is 4.91. The molecule has 0 unspecified atom stereocenters. The van der Waals surface area contributed by atoms with E-state index in [1.807, 2.05) is 0 Å². The number of nitrogens with two attached hydrogens (primary N) is 1. The average Bonchev–Trinajstić information content (AvgIpc) is 2.04. The summed E-state index contributed by atoms with van der Waals surface area (Å²) >= 11 is 5.48. The van der Waals surface area contributed by atoms with Gasteiger partial charge in [-0.3, -0.25) is 4.79 Å². The molecule has 0 bridgehead atoms. The number of nitrogens with zero attached hydrogens (tertiary/aromatic N) is 2. The molecule has 1 heterocycles. The Balaban J connectivity index is 3.21. The fourth-order valence-corrected chi connectivity index (χ4v) is 0.800. The third-order valence-electron chi connectivity index (χ3n) is 1.14. The topological polar surface area (TPSA) is 78.1 Å². The molecular formula is C6H6ClN3O2. The average molecular weight is 188 g/mol. The SMILES string of the molecule is COc1ncc(Cl)nc1C(N)=O. The van der Waals surface area contributed by atoms with Crippen LogP contribution in [0.3, 0.4) is 0 Å². The van der Waals surface area contributed by atoms with Crippen molar-refractivity contribution in [3.63, 3.8) is 0 Å². The van der Waals surface area contributed by atoms with Gasteiger partial charge in [-0.05, 0) is 0 Å². The molecule has 0 aliphatic carbocycles. The number of amides is 1. The van der Waals surface area contributed by atoms with E-state index in [1.165, 1.54) is 13.3 Å². The molecule has 0 atom stereocenters. The molecule has 1 aromatic heterocycles. The molecule has 1 amide bonds. The summed E-state index contributed by atoms with van der Waals surface area (Å²) < 4.78 is 4.73. The van der Waals surface area contributed by atoms with Crippen LogP contribution in [0.5, 0.6) is 5.88 Å². The minimum absolute atomic E-state index is 0.0648. The molecule has 0 aromatic carbocycles. The number of rotatable bonds is 2. The van der Waals surface area contributed by atoms with Crippen molar-refractivity contribution in [2.75, 3.05) is 7.11 Å². The van der Waals surface area contributed by atoms with Crippen LogP contribution in [0.25, 0.3) is 0 Å². The number of hydrogen-bond donors (Lipinski definition) is 1. The number of primary amides is 1. The van der Waals surface area contributed by atoms with Crippen molar-refractivity contribution < 1.29 is 9.53 Å². The van der Waals surface area contributed by atoms with Crippen LogP contribution in [-0.2, 0) is 0 Å². The monoisotopic (exact) mass is 187 g/mol. The summed E-state index contributed by atoms with van der Waals surface area (Å²) in [6.07, 6.45) is 1.27. The van der Waals surface area contributed by atoms with Crippen molar-refractivity contribution >= 4 is 17.5 Å². The lowest BCUT2D eigenvalue weighted by Crippen LogP contribution is -2.15. The Labute approximate surface area is 73.5 Å². The van der Waals surface area contributed by atoms with Crippen molar-refractivity contribution in [1.29, 1.82) is 0 Å². The van der Waals surface area contributed by atoms with Crippen LogP contribution in [0.15, 0.2) is 6.20 Å². The Bertz CT molecular complexity index is 316. The van der Waals surface area contributed by atoms with Crippen molar-refractivity contribution in [2.45, 2.75) is 0 Å². The van der Waals surface area contributed by atoms with Crippen molar-refractivity contribution in [3.05, 3.63) is 17.0 Å². The van der Waals surface area contributed by atoms with Gasteiger partial charge in [-0.1, -0.05) is 11.6 Å². The Morgan fingerprint density at radius 3 is 2.92 bits per heavy atom. The first kappa shape index (κ1) is 8.73. The van der Waals surface area contributed by atoms with Gasteiger partial charge in [-0.25, -0.2) is 9.97 Å². The second-order valence-corrected chi connectivity index (χ2v) is 2.30. The molecule has 0 aliphatic rings.